The Kier molecular flexibility index (Phi) is 2.60. The highest BCUT2D eigenvalue weighted by Gasteiger charge is 1.98. The molecule has 0 atom stereocenters. The van der Waals surface area contributed by atoms with Gasteiger partial charge in [0.25, 0.3) is 11.0 Å². The Labute approximate surface area is 89.5 Å². The maximum Gasteiger partial charge on any atom is 0.299 e. The van der Waals surface area contributed by atoms with E-state index in [0.717, 1.165) is 10.8 Å². The van der Waals surface area contributed by atoms with Gasteiger partial charge in [-0.05, 0) is 29.8 Å². The Bertz CT molecular complexity index is 565. The van der Waals surface area contributed by atoms with Gasteiger partial charge in [-0.15, -0.1) is 0 Å². The summed E-state index contributed by atoms with van der Waals surface area (Å²) in [6, 6.07) is 11.2. The molecule has 0 unspecified atom stereocenters. The number of aryl methyl sites for hydroxylation is 1. The van der Waals surface area contributed by atoms with E-state index in [-0.39, 0.29) is 0 Å². The van der Waals surface area contributed by atoms with Crippen LogP contribution < -0.4 is 4.18 Å². The molecule has 0 heterocycles. The fourth-order valence-corrected chi connectivity index (χ4v) is 1.77. The van der Waals surface area contributed by atoms with E-state index in [0.29, 0.717) is 5.75 Å². The Hall–Kier alpha value is -1.55. The molecular formula is C11H10O3S. The normalized spacial score (nSPS) is 10.8. The van der Waals surface area contributed by atoms with Gasteiger partial charge in [0, 0.05) is 0 Å². The van der Waals surface area contributed by atoms with Gasteiger partial charge in [0.1, 0.15) is 5.75 Å². The average Bonchev–Trinajstić information content (AvgIpc) is 2.17. The third-order valence-corrected chi connectivity index (χ3v) is 2.51. The van der Waals surface area contributed by atoms with Crippen LogP contribution in [0.25, 0.3) is 10.8 Å². The summed E-state index contributed by atoms with van der Waals surface area (Å²) < 4.78 is 25.4. The zero-order valence-corrected chi connectivity index (χ0v) is 9.03. The fraction of sp³-hybridized carbons (Fsp3) is 0.0909. The highest BCUT2D eigenvalue weighted by Crippen LogP contribution is 2.21. The maximum atomic E-state index is 10.4. The van der Waals surface area contributed by atoms with Crippen molar-refractivity contribution in [2.24, 2.45) is 0 Å². The van der Waals surface area contributed by atoms with Gasteiger partial charge in [0.2, 0.25) is 0 Å². The summed E-state index contributed by atoms with van der Waals surface area (Å²) in [5, 5.41) is 2.04. The van der Waals surface area contributed by atoms with Crippen LogP contribution in [0.4, 0.5) is 0 Å². The first-order valence-electron chi connectivity index (χ1n) is 4.48. The summed E-state index contributed by atoms with van der Waals surface area (Å²) in [6.07, 6.45) is 0. The minimum Gasteiger partial charge on any atom is -0.384 e. The Morgan fingerprint density at radius 2 is 1.67 bits per heavy atom. The lowest BCUT2D eigenvalue weighted by Gasteiger charge is -2.02. The van der Waals surface area contributed by atoms with Gasteiger partial charge in [-0.25, -0.2) is 0 Å². The van der Waals surface area contributed by atoms with Crippen molar-refractivity contribution in [1.29, 1.82) is 0 Å². The van der Waals surface area contributed by atoms with Crippen molar-refractivity contribution in [1.82, 2.24) is 0 Å². The minimum absolute atomic E-state index is 0.350. The van der Waals surface area contributed by atoms with E-state index in [9.17, 15) is 8.42 Å². The van der Waals surface area contributed by atoms with E-state index in [4.69, 9.17) is 0 Å². The summed E-state index contributed by atoms with van der Waals surface area (Å²) in [5.74, 6) is 0.350. The molecule has 0 radical (unpaired) electrons. The van der Waals surface area contributed by atoms with E-state index in [1.54, 1.807) is 12.1 Å². The molecule has 2 aromatic carbocycles. The number of hydrogen-bond donors (Lipinski definition) is 1. The van der Waals surface area contributed by atoms with E-state index in [2.05, 4.69) is 4.18 Å². The zero-order valence-electron chi connectivity index (χ0n) is 8.14. The van der Waals surface area contributed by atoms with E-state index in [1.165, 1.54) is 5.56 Å². The fourth-order valence-electron chi connectivity index (χ4n) is 1.49. The Balaban J connectivity index is 2.52. The number of thiol groups is 1. The van der Waals surface area contributed by atoms with Crippen molar-refractivity contribution in [3.63, 3.8) is 0 Å². The molecule has 0 spiro atoms. The molecule has 4 heteroatoms. The monoisotopic (exact) mass is 222 g/mol. The third kappa shape index (κ3) is 2.27. The molecule has 0 aromatic heterocycles. The lowest BCUT2D eigenvalue weighted by Crippen LogP contribution is -1.89. The lowest BCUT2D eigenvalue weighted by molar-refractivity contribution is 0.511. The third-order valence-electron chi connectivity index (χ3n) is 2.15. The molecule has 0 fully saturated rings. The van der Waals surface area contributed by atoms with Crippen molar-refractivity contribution in [2.75, 3.05) is 0 Å². The van der Waals surface area contributed by atoms with Crippen LogP contribution in [0.5, 0.6) is 5.75 Å². The zero-order chi connectivity index (χ0) is 10.8. The first kappa shape index (κ1) is 9.98. The van der Waals surface area contributed by atoms with Gasteiger partial charge in [0.05, 0.1) is 0 Å². The molecule has 0 aliphatic heterocycles. The van der Waals surface area contributed by atoms with Crippen LogP contribution in [0.15, 0.2) is 36.4 Å². The van der Waals surface area contributed by atoms with Gasteiger partial charge in [0.15, 0.2) is 0 Å². The number of fused-ring (bicyclic) bond motifs is 1. The predicted octanol–water partition coefficient (Wildman–Crippen LogP) is 2.05. The lowest BCUT2D eigenvalue weighted by atomic mass is 10.1. The molecule has 15 heavy (non-hydrogen) atoms. The quantitative estimate of drug-likeness (QED) is 0.791. The van der Waals surface area contributed by atoms with Crippen LogP contribution >= 0.6 is 0 Å². The van der Waals surface area contributed by atoms with Crippen LogP contribution in [0.3, 0.4) is 0 Å². The van der Waals surface area contributed by atoms with E-state index in [1.807, 2.05) is 31.2 Å². The summed E-state index contributed by atoms with van der Waals surface area (Å²) in [6.45, 7) is 2.01. The highest BCUT2D eigenvalue weighted by molar-refractivity contribution is 7.67. The molecule has 0 saturated carbocycles. The van der Waals surface area contributed by atoms with Gasteiger partial charge >= 0.3 is 0 Å². The summed E-state index contributed by atoms with van der Waals surface area (Å²) in [7, 11) is -2.84. The minimum atomic E-state index is -2.84. The largest absolute Gasteiger partial charge is 0.384 e. The number of hydrogen-bond acceptors (Lipinski definition) is 3. The van der Waals surface area contributed by atoms with Crippen molar-refractivity contribution in [2.45, 2.75) is 6.92 Å². The van der Waals surface area contributed by atoms with Crippen LogP contribution in [0.1, 0.15) is 5.56 Å². The van der Waals surface area contributed by atoms with Crippen LogP contribution in [-0.4, -0.2) is 8.42 Å². The van der Waals surface area contributed by atoms with Gasteiger partial charge < -0.3 is 4.18 Å². The molecular weight excluding hydrogens is 212 g/mol. The first-order chi connectivity index (χ1) is 7.15. The second kappa shape index (κ2) is 3.90. The molecule has 0 aliphatic rings. The number of rotatable bonds is 2. The molecule has 0 bridgehead atoms. The molecule has 3 nitrogen and oxygen atoms in total. The molecule has 2 rings (SSSR count). The van der Waals surface area contributed by atoms with Gasteiger partial charge in [-0.1, -0.05) is 29.8 Å². The standard InChI is InChI=1S/C11H10O3S/c1-8-2-3-10-7-11(14-15(12)13)5-4-9(10)6-8/h2-7,15H,1H3. The maximum absolute atomic E-state index is 10.4. The van der Waals surface area contributed by atoms with Crippen molar-refractivity contribution < 1.29 is 12.6 Å². The molecule has 0 aliphatic carbocycles. The number of benzene rings is 2. The summed E-state index contributed by atoms with van der Waals surface area (Å²) in [4.78, 5) is 0. The molecule has 78 valence electrons. The summed E-state index contributed by atoms with van der Waals surface area (Å²) in [5.41, 5.74) is 1.17. The topological polar surface area (TPSA) is 43.4 Å². The predicted molar refractivity (Wildman–Crippen MR) is 59.6 cm³/mol. The smallest absolute Gasteiger partial charge is 0.299 e. The average molecular weight is 222 g/mol. The van der Waals surface area contributed by atoms with Crippen molar-refractivity contribution >= 4 is 21.8 Å². The molecule has 0 saturated heterocycles. The second-order valence-corrected chi connectivity index (χ2v) is 3.96. The second-order valence-electron chi connectivity index (χ2n) is 3.33. The van der Waals surface area contributed by atoms with Gasteiger partial charge in [-0.2, -0.15) is 8.42 Å². The van der Waals surface area contributed by atoms with Crippen LogP contribution in [0.2, 0.25) is 0 Å². The summed E-state index contributed by atoms with van der Waals surface area (Å²) >= 11 is 0. The van der Waals surface area contributed by atoms with Crippen molar-refractivity contribution in [3.8, 4) is 5.75 Å². The van der Waals surface area contributed by atoms with E-state index < -0.39 is 11.0 Å². The first-order valence-corrected chi connectivity index (χ1v) is 5.57. The van der Waals surface area contributed by atoms with E-state index >= 15 is 0 Å². The Morgan fingerprint density at radius 1 is 1.00 bits per heavy atom. The Morgan fingerprint density at radius 3 is 2.40 bits per heavy atom. The van der Waals surface area contributed by atoms with Crippen molar-refractivity contribution in [3.05, 3.63) is 42.0 Å². The van der Waals surface area contributed by atoms with Gasteiger partial charge in [-0.3, -0.25) is 0 Å². The van der Waals surface area contributed by atoms with Crippen LogP contribution in [-0.2, 0) is 11.0 Å². The molecule has 2 aromatic rings. The van der Waals surface area contributed by atoms with Crippen LogP contribution in [0, 0.1) is 6.92 Å². The highest BCUT2D eigenvalue weighted by atomic mass is 32.2. The SMILES string of the molecule is Cc1ccc2cc(O[SH](=O)=O)ccc2c1. The molecule has 0 amide bonds. The molecule has 0 N–H and O–H groups in total.